The molecule has 0 spiro atoms. The van der Waals surface area contributed by atoms with Gasteiger partial charge in [0.1, 0.15) is 5.75 Å². The summed E-state index contributed by atoms with van der Waals surface area (Å²) in [5, 5.41) is 11.2. The summed E-state index contributed by atoms with van der Waals surface area (Å²) in [4.78, 5) is 22.0. The topological polar surface area (TPSA) is 75.6 Å². The highest BCUT2D eigenvalue weighted by Crippen LogP contribution is 2.28. The SMILES string of the molecule is COc1ccc(Br)cc1NC(=O)CCCCC(=O)O. The number of nitrogens with one attached hydrogen (secondary N) is 1. The number of benzene rings is 1. The highest BCUT2D eigenvalue weighted by atomic mass is 79.9. The summed E-state index contributed by atoms with van der Waals surface area (Å²) in [6, 6.07) is 5.33. The standard InChI is InChI=1S/C13H16BrNO4/c1-19-11-7-6-9(14)8-10(11)15-12(16)4-2-3-5-13(17)18/h6-8H,2-5H2,1H3,(H,15,16)(H,17,18). The number of carboxylic acids is 1. The fourth-order valence-corrected chi connectivity index (χ4v) is 1.91. The molecule has 0 unspecified atom stereocenters. The summed E-state index contributed by atoms with van der Waals surface area (Å²) in [5.74, 6) is -0.405. The number of rotatable bonds is 7. The van der Waals surface area contributed by atoms with Crippen molar-refractivity contribution in [3.63, 3.8) is 0 Å². The molecule has 0 heterocycles. The third-order valence-corrected chi connectivity index (χ3v) is 2.97. The first-order chi connectivity index (χ1) is 9.02. The molecule has 0 radical (unpaired) electrons. The summed E-state index contributed by atoms with van der Waals surface area (Å²) >= 11 is 3.32. The Morgan fingerprint density at radius 1 is 1.32 bits per heavy atom. The van der Waals surface area contributed by atoms with Gasteiger partial charge in [0.25, 0.3) is 0 Å². The van der Waals surface area contributed by atoms with Gasteiger partial charge in [-0.1, -0.05) is 15.9 Å². The molecule has 0 bridgehead atoms. The zero-order valence-corrected chi connectivity index (χ0v) is 12.2. The van der Waals surface area contributed by atoms with E-state index in [1.54, 1.807) is 12.1 Å². The second kappa shape index (κ2) is 7.78. The lowest BCUT2D eigenvalue weighted by Gasteiger charge is -2.10. The summed E-state index contributed by atoms with van der Waals surface area (Å²) in [6.07, 6.45) is 1.43. The van der Waals surface area contributed by atoms with Gasteiger partial charge in [-0.3, -0.25) is 9.59 Å². The van der Waals surface area contributed by atoms with Crippen molar-refractivity contribution < 1.29 is 19.4 Å². The third kappa shape index (κ3) is 5.74. The maximum Gasteiger partial charge on any atom is 0.303 e. The number of aliphatic carboxylic acids is 1. The molecule has 104 valence electrons. The summed E-state index contributed by atoms with van der Waals surface area (Å²) in [6.45, 7) is 0. The molecule has 19 heavy (non-hydrogen) atoms. The number of unbranched alkanes of at least 4 members (excludes halogenated alkanes) is 1. The Labute approximate surface area is 120 Å². The van der Waals surface area contributed by atoms with E-state index < -0.39 is 5.97 Å². The van der Waals surface area contributed by atoms with Crippen LogP contribution in [-0.4, -0.2) is 24.1 Å². The average Bonchev–Trinajstić information content (AvgIpc) is 2.35. The number of halogens is 1. The van der Waals surface area contributed by atoms with Crippen LogP contribution >= 0.6 is 15.9 Å². The van der Waals surface area contributed by atoms with Crippen molar-refractivity contribution in [1.82, 2.24) is 0 Å². The minimum atomic E-state index is -0.839. The molecule has 0 aliphatic heterocycles. The Morgan fingerprint density at radius 2 is 2.00 bits per heavy atom. The Morgan fingerprint density at radius 3 is 2.63 bits per heavy atom. The van der Waals surface area contributed by atoms with Crippen LogP contribution in [0.4, 0.5) is 5.69 Å². The van der Waals surface area contributed by atoms with E-state index in [1.807, 2.05) is 6.07 Å². The molecule has 1 aromatic carbocycles. The molecule has 1 amide bonds. The predicted molar refractivity (Wildman–Crippen MR) is 75.4 cm³/mol. The lowest BCUT2D eigenvalue weighted by Crippen LogP contribution is -2.12. The number of carbonyl (C=O) groups is 2. The lowest BCUT2D eigenvalue weighted by molar-refractivity contribution is -0.137. The molecule has 0 aromatic heterocycles. The second-order valence-electron chi connectivity index (χ2n) is 3.99. The van der Waals surface area contributed by atoms with Gasteiger partial charge in [0.15, 0.2) is 0 Å². The highest BCUT2D eigenvalue weighted by Gasteiger charge is 2.08. The van der Waals surface area contributed by atoms with E-state index in [9.17, 15) is 9.59 Å². The summed E-state index contributed by atoms with van der Waals surface area (Å²) in [5.41, 5.74) is 0.597. The monoisotopic (exact) mass is 329 g/mol. The Hall–Kier alpha value is -1.56. The first-order valence-corrected chi connectivity index (χ1v) is 6.67. The van der Waals surface area contributed by atoms with Gasteiger partial charge in [-0.2, -0.15) is 0 Å². The van der Waals surface area contributed by atoms with Gasteiger partial charge in [0.2, 0.25) is 5.91 Å². The number of hydrogen-bond donors (Lipinski definition) is 2. The zero-order chi connectivity index (χ0) is 14.3. The molecule has 0 aliphatic carbocycles. The zero-order valence-electron chi connectivity index (χ0n) is 10.6. The molecule has 0 saturated heterocycles. The predicted octanol–water partition coefficient (Wildman–Crippen LogP) is 3.04. The van der Waals surface area contributed by atoms with Gasteiger partial charge in [0, 0.05) is 17.3 Å². The molecule has 1 rings (SSSR count). The van der Waals surface area contributed by atoms with Crippen molar-refractivity contribution in [2.45, 2.75) is 25.7 Å². The van der Waals surface area contributed by atoms with E-state index in [-0.39, 0.29) is 12.3 Å². The van der Waals surface area contributed by atoms with Crippen LogP contribution in [0.1, 0.15) is 25.7 Å². The van der Waals surface area contributed by atoms with E-state index in [0.717, 1.165) is 4.47 Å². The molecule has 0 aliphatic rings. The molecule has 6 heteroatoms. The molecular weight excluding hydrogens is 314 g/mol. The highest BCUT2D eigenvalue weighted by molar-refractivity contribution is 9.10. The summed E-state index contributed by atoms with van der Waals surface area (Å²) < 4.78 is 5.99. The second-order valence-corrected chi connectivity index (χ2v) is 4.91. The number of ether oxygens (including phenoxy) is 1. The van der Waals surface area contributed by atoms with Crippen LogP contribution in [0.25, 0.3) is 0 Å². The van der Waals surface area contributed by atoms with Gasteiger partial charge < -0.3 is 15.2 Å². The summed E-state index contributed by atoms with van der Waals surface area (Å²) in [7, 11) is 1.53. The molecular formula is C13H16BrNO4. The van der Waals surface area contributed by atoms with Crippen molar-refractivity contribution in [2.75, 3.05) is 12.4 Å². The normalized spacial score (nSPS) is 10.0. The van der Waals surface area contributed by atoms with Crippen molar-refractivity contribution in [3.05, 3.63) is 22.7 Å². The van der Waals surface area contributed by atoms with E-state index in [1.165, 1.54) is 7.11 Å². The van der Waals surface area contributed by atoms with Crippen LogP contribution in [-0.2, 0) is 9.59 Å². The first-order valence-electron chi connectivity index (χ1n) is 5.88. The fourth-order valence-electron chi connectivity index (χ4n) is 1.55. The molecule has 5 nitrogen and oxygen atoms in total. The van der Waals surface area contributed by atoms with E-state index in [2.05, 4.69) is 21.2 Å². The van der Waals surface area contributed by atoms with Gasteiger partial charge in [-0.15, -0.1) is 0 Å². The number of carbonyl (C=O) groups excluding carboxylic acids is 1. The number of anilines is 1. The van der Waals surface area contributed by atoms with Gasteiger partial charge >= 0.3 is 5.97 Å². The van der Waals surface area contributed by atoms with Crippen LogP contribution in [0, 0.1) is 0 Å². The maximum absolute atomic E-state index is 11.7. The van der Waals surface area contributed by atoms with Gasteiger partial charge in [-0.05, 0) is 31.0 Å². The van der Waals surface area contributed by atoms with Crippen LogP contribution in [0.5, 0.6) is 5.75 Å². The minimum absolute atomic E-state index is 0.0908. The smallest absolute Gasteiger partial charge is 0.303 e. The van der Waals surface area contributed by atoms with Crippen LogP contribution in [0.3, 0.4) is 0 Å². The number of carboxylic acid groups (broad SMARTS) is 1. The number of methoxy groups -OCH3 is 1. The van der Waals surface area contributed by atoms with Gasteiger partial charge in [-0.25, -0.2) is 0 Å². The number of hydrogen-bond acceptors (Lipinski definition) is 3. The van der Waals surface area contributed by atoms with Crippen molar-refractivity contribution >= 4 is 33.5 Å². The molecule has 0 fully saturated rings. The van der Waals surface area contributed by atoms with Crippen LogP contribution in [0.2, 0.25) is 0 Å². The van der Waals surface area contributed by atoms with Crippen molar-refractivity contribution in [3.8, 4) is 5.75 Å². The lowest BCUT2D eigenvalue weighted by atomic mass is 10.2. The van der Waals surface area contributed by atoms with E-state index >= 15 is 0 Å². The molecule has 0 saturated carbocycles. The molecule has 0 atom stereocenters. The molecule has 1 aromatic rings. The largest absolute Gasteiger partial charge is 0.495 e. The van der Waals surface area contributed by atoms with E-state index in [0.29, 0.717) is 30.7 Å². The maximum atomic E-state index is 11.7. The Bertz CT molecular complexity index is 462. The fraction of sp³-hybridized carbons (Fsp3) is 0.385. The van der Waals surface area contributed by atoms with Crippen molar-refractivity contribution in [1.29, 1.82) is 0 Å². The van der Waals surface area contributed by atoms with Gasteiger partial charge in [0.05, 0.1) is 12.8 Å². The Balaban J connectivity index is 2.47. The van der Waals surface area contributed by atoms with E-state index in [4.69, 9.17) is 9.84 Å². The Kier molecular flexibility index (Phi) is 6.35. The quantitative estimate of drug-likeness (QED) is 0.754. The minimum Gasteiger partial charge on any atom is -0.495 e. The third-order valence-electron chi connectivity index (χ3n) is 2.48. The molecule has 2 N–H and O–H groups in total. The van der Waals surface area contributed by atoms with Crippen LogP contribution in [0.15, 0.2) is 22.7 Å². The van der Waals surface area contributed by atoms with Crippen LogP contribution < -0.4 is 10.1 Å². The first kappa shape index (κ1) is 15.5. The number of amides is 1. The van der Waals surface area contributed by atoms with Crippen molar-refractivity contribution in [2.24, 2.45) is 0 Å². The average molecular weight is 330 g/mol.